The summed E-state index contributed by atoms with van der Waals surface area (Å²) in [5.74, 6) is 1.80. The Labute approximate surface area is 125 Å². The zero-order chi connectivity index (χ0) is 14.7. The van der Waals surface area contributed by atoms with Crippen LogP contribution in [0.2, 0.25) is 0 Å². The van der Waals surface area contributed by atoms with Crippen LogP contribution in [0, 0.1) is 5.92 Å². The molecule has 1 aromatic rings. The number of nitrogens with zero attached hydrogens (tertiary/aromatic N) is 4. The van der Waals surface area contributed by atoms with Crippen LogP contribution >= 0.6 is 0 Å². The zero-order valence-electron chi connectivity index (χ0n) is 12.5. The van der Waals surface area contributed by atoms with Crippen LogP contribution in [0.3, 0.4) is 0 Å². The number of amides is 1. The van der Waals surface area contributed by atoms with Crippen molar-refractivity contribution in [3.8, 4) is 0 Å². The molecule has 0 aromatic carbocycles. The second-order valence-corrected chi connectivity index (χ2v) is 6.01. The van der Waals surface area contributed by atoms with Gasteiger partial charge in [-0.25, -0.2) is 4.98 Å². The Kier molecular flexibility index (Phi) is 4.34. The van der Waals surface area contributed by atoms with Gasteiger partial charge < -0.3 is 15.1 Å². The summed E-state index contributed by atoms with van der Waals surface area (Å²) in [6, 6.07) is 0.0109. The minimum atomic E-state index is 0.0109. The maximum absolute atomic E-state index is 12.6. The Hall–Kier alpha value is -1.69. The van der Waals surface area contributed by atoms with Crippen molar-refractivity contribution >= 4 is 11.7 Å². The number of piperidine rings is 1. The summed E-state index contributed by atoms with van der Waals surface area (Å²) >= 11 is 0. The maximum atomic E-state index is 12.6. The number of aromatic nitrogens is 2. The molecule has 0 saturated carbocycles. The molecule has 2 aliphatic rings. The van der Waals surface area contributed by atoms with Gasteiger partial charge >= 0.3 is 0 Å². The first-order chi connectivity index (χ1) is 10.2. The number of rotatable bonds is 2. The summed E-state index contributed by atoms with van der Waals surface area (Å²) in [7, 11) is 0. The van der Waals surface area contributed by atoms with E-state index in [-0.39, 0.29) is 11.9 Å². The molecule has 2 fully saturated rings. The Bertz CT molecular complexity index is 472. The molecule has 2 atom stereocenters. The molecule has 0 aliphatic carbocycles. The molecular weight excluding hydrogens is 266 g/mol. The molecule has 3 rings (SSSR count). The lowest BCUT2D eigenvalue weighted by molar-refractivity contribution is -0.134. The van der Waals surface area contributed by atoms with E-state index >= 15 is 0 Å². The van der Waals surface area contributed by atoms with Gasteiger partial charge in [0.15, 0.2) is 0 Å². The molecule has 0 bridgehead atoms. The van der Waals surface area contributed by atoms with Crippen molar-refractivity contribution in [2.75, 3.05) is 37.6 Å². The summed E-state index contributed by atoms with van der Waals surface area (Å²) in [5, 5.41) is 3.36. The van der Waals surface area contributed by atoms with E-state index in [9.17, 15) is 4.79 Å². The third kappa shape index (κ3) is 3.32. The van der Waals surface area contributed by atoms with Gasteiger partial charge in [0.1, 0.15) is 5.82 Å². The summed E-state index contributed by atoms with van der Waals surface area (Å²) in [6.45, 7) is 6.37. The zero-order valence-corrected chi connectivity index (χ0v) is 12.5. The van der Waals surface area contributed by atoms with E-state index in [1.54, 1.807) is 18.6 Å². The van der Waals surface area contributed by atoms with E-state index in [0.717, 1.165) is 45.0 Å². The van der Waals surface area contributed by atoms with Crippen molar-refractivity contribution in [1.82, 2.24) is 20.2 Å². The van der Waals surface area contributed by atoms with E-state index in [1.165, 1.54) is 6.42 Å². The third-order valence-electron chi connectivity index (χ3n) is 4.43. The number of hydrogen-bond donors (Lipinski definition) is 1. The van der Waals surface area contributed by atoms with Gasteiger partial charge in [-0.05, 0) is 25.3 Å². The van der Waals surface area contributed by atoms with Crippen LogP contribution in [0.5, 0.6) is 0 Å². The van der Waals surface area contributed by atoms with Crippen molar-refractivity contribution in [3.63, 3.8) is 0 Å². The highest BCUT2D eigenvalue weighted by Gasteiger charge is 2.30. The number of anilines is 1. The van der Waals surface area contributed by atoms with Gasteiger partial charge in [0.05, 0.1) is 12.2 Å². The van der Waals surface area contributed by atoms with Crippen molar-refractivity contribution in [2.45, 2.75) is 25.8 Å². The van der Waals surface area contributed by atoms with Gasteiger partial charge in [-0.1, -0.05) is 6.92 Å². The van der Waals surface area contributed by atoms with E-state index < -0.39 is 0 Å². The van der Waals surface area contributed by atoms with E-state index in [4.69, 9.17) is 0 Å². The quantitative estimate of drug-likeness (QED) is 0.860. The van der Waals surface area contributed by atoms with Crippen molar-refractivity contribution in [1.29, 1.82) is 0 Å². The molecule has 3 heterocycles. The fourth-order valence-corrected chi connectivity index (χ4v) is 3.13. The summed E-state index contributed by atoms with van der Waals surface area (Å²) in [5.41, 5.74) is 0. The largest absolute Gasteiger partial charge is 0.352 e. The number of carbonyl (C=O) groups excluding carboxylic acids is 1. The van der Waals surface area contributed by atoms with Crippen molar-refractivity contribution in [3.05, 3.63) is 18.6 Å². The molecule has 6 nitrogen and oxygen atoms in total. The fraction of sp³-hybridized carbons (Fsp3) is 0.667. The van der Waals surface area contributed by atoms with Crippen LogP contribution in [0.25, 0.3) is 0 Å². The van der Waals surface area contributed by atoms with Crippen LogP contribution in [0.15, 0.2) is 18.6 Å². The molecule has 1 aromatic heterocycles. The number of nitrogens with one attached hydrogen (secondary N) is 1. The van der Waals surface area contributed by atoms with Gasteiger partial charge in [0.2, 0.25) is 5.91 Å². The van der Waals surface area contributed by atoms with E-state index in [0.29, 0.717) is 5.92 Å². The molecule has 21 heavy (non-hydrogen) atoms. The molecule has 2 aliphatic heterocycles. The average molecular weight is 289 g/mol. The second-order valence-electron chi connectivity index (χ2n) is 6.01. The molecule has 2 unspecified atom stereocenters. The molecule has 2 saturated heterocycles. The molecule has 1 N–H and O–H groups in total. The third-order valence-corrected chi connectivity index (χ3v) is 4.43. The minimum absolute atomic E-state index is 0.0109. The van der Waals surface area contributed by atoms with Crippen LogP contribution in [-0.4, -0.2) is 59.5 Å². The number of carbonyl (C=O) groups is 1. The first-order valence-corrected chi connectivity index (χ1v) is 7.77. The Morgan fingerprint density at radius 2 is 2.10 bits per heavy atom. The second kappa shape index (κ2) is 6.39. The SMILES string of the molecule is CC1CCNC(C(=O)N2CCN(c3cnccn3)CC2)C1. The molecule has 6 heteroatoms. The normalized spacial score (nSPS) is 26.7. The minimum Gasteiger partial charge on any atom is -0.352 e. The van der Waals surface area contributed by atoms with Gasteiger partial charge in [0.25, 0.3) is 0 Å². The lowest BCUT2D eigenvalue weighted by Gasteiger charge is -2.38. The molecule has 1 amide bonds. The highest BCUT2D eigenvalue weighted by atomic mass is 16.2. The van der Waals surface area contributed by atoms with Crippen LogP contribution in [0.1, 0.15) is 19.8 Å². The van der Waals surface area contributed by atoms with E-state index in [1.807, 2.05) is 4.90 Å². The number of piperazine rings is 1. The standard InChI is InChI=1S/C15H23N5O/c1-12-2-3-17-13(10-12)15(21)20-8-6-19(7-9-20)14-11-16-4-5-18-14/h4-5,11-13,17H,2-3,6-10H2,1H3. The Balaban J connectivity index is 1.54. The van der Waals surface area contributed by atoms with Crippen molar-refractivity contribution in [2.24, 2.45) is 5.92 Å². The van der Waals surface area contributed by atoms with Crippen LogP contribution < -0.4 is 10.2 Å². The fourth-order valence-electron chi connectivity index (χ4n) is 3.13. The predicted molar refractivity (Wildman–Crippen MR) is 81.0 cm³/mol. The highest BCUT2D eigenvalue weighted by Crippen LogP contribution is 2.18. The van der Waals surface area contributed by atoms with E-state index in [2.05, 4.69) is 27.1 Å². The van der Waals surface area contributed by atoms with Gasteiger partial charge in [-0.3, -0.25) is 9.78 Å². The lowest BCUT2D eigenvalue weighted by atomic mass is 9.93. The molecule has 0 radical (unpaired) electrons. The molecular formula is C15H23N5O. The molecule has 114 valence electrons. The van der Waals surface area contributed by atoms with Gasteiger partial charge in [-0.2, -0.15) is 0 Å². The van der Waals surface area contributed by atoms with Crippen molar-refractivity contribution < 1.29 is 4.79 Å². The first kappa shape index (κ1) is 14.3. The topological polar surface area (TPSA) is 61.4 Å². The maximum Gasteiger partial charge on any atom is 0.239 e. The number of hydrogen-bond acceptors (Lipinski definition) is 5. The Morgan fingerprint density at radius 3 is 2.76 bits per heavy atom. The highest BCUT2D eigenvalue weighted by molar-refractivity contribution is 5.82. The monoisotopic (exact) mass is 289 g/mol. The van der Waals surface area contributed by atoms with Gasteiger partial charge in [-0.15, -0.1) is 0 Å². The summed E-state index contributed by atoms with van der Waals surface area (Å²) < 4.78 is 0. The lowest BCUT2D eigenvalue weighted by Crippen LogP contribution is -2.55. The molecule has 0 spiro atoms. The van der Waals surface area contributed by atoms with Crippen LogP contribution in [-0.2, 0) is 4.79 Å². The predicted octanol–water partition coefficient (Wildman–Crippen LogP) is 0.513. The summed E-state index contributed by atoms with van der Waals surface area (Å²) in [4.78, 5) is 25.2. The van der Waals surface area contributed by atoms with Crippen LogP contribution in [0.4, 0.5) is 5.82 Å². The van der Waals surface area contributed by atoms with Gasteiger partial charge in [0, 0.05) is 38.6 Å². The summed E-state index contributed by atoms with van der Waals surface area (Å²) in [6.07, 6.45) is 7.30. The first-order valence-electron chi connectivity index (χ1n) is 7.77. The smallest absolute Gasteiger partial charge is 0.239 e. The Morgan fingerprint density at radius 1 is 1.29 bits per heavy atom. The average Bonchev–Trinajstić information content (AvgIpc) is 2.55.